The maximum absolute atomic E-state index is 13.9. The molecule has 1 aliphatic rings. The van der Waals surface area contributed by atoms with Gasteiger partial charge in [-0.05, 0) is 35.9 Å². The van der Waals surface area contributed by atoms with E-state index < -0.39 is 0 Å². The van der Waals surface area contributed by atoms with Crippen LogP contribution < -0.4 is 19.8 Å². The van der Waals surface area contributed by atoms with Crippen LogP contribution in [0.3, 0.4) is 0 Å². The fourth-order valence-electron chi connectivity index (χ4n) is 4.17. The number of fused-ring (bicyclic) bond motifs is 4. The summed E-state index contributed by atoms with van der Waals surface area (Å²) in [7, 11) is 1.59. The first-order valence-electron chi connectivity index (χ1n) is 10.3. The van der Waals surface area contributed by atoms with Crippen molar-refractivity contribution in [1.82, 2.24) is 9.55 Å². The van der Waals surface area contributed by atoms with E-state index in [1.165, 1.54) is 11.3 Å². The Morgan fingerprint density at radius 3 is 2.82 bits per heavy atom. The van der Waals surface area contributed by atoms with Crippen molar-refractivity contribution in [2.75, 3.05) is 13.9 Å². The van der Waals surface area contributed by atoms with Crippen molar-refractivity contribution in [1.29, 1.82) is 0 Å². The van der Waals surface area contributed by atoms with Crippen LogP contribution in [0, 0.1) is 0 Å². The predicted molar refractivity (Wildman–Crippen MR) is 127 cm³/mol. The lowest BCUT2D eigenvalue weighted by atomic mass is 10.1. The molecule has 1 N–H and O–H groups in total. The molecule has 0 aliphatic carbocycles. The average molecular weight is 458 g/mol. The van der Waals surface area contributed by atoms with Gasteiger partial charge in [-0.1, -0.05) is 30.3 Å². The van der Waals surface area contributed by atoms with Gasteiger partial charge in [-0.25, -0.2) is 4.98 Å². The van der Waals surface area contributed by atoms with E-state index in [-0.39, 0.29) is 24.6 Å². The van der Waals surface area contributed by atoms with E-state index in [4.69, 9.17) is 19.2 Å². The molecular formula is C25H18N2O5S. The minimum Gasteiger partial charge on any atom is -0.506 e. The molecule has 164 valence electrons. The molecule has 2 aromatic heterocycles. The van der Waals surface area contributed by atoms with Crippen LogP contribution in [0.1, 0.15) is 5.56 Å². The highest BCUT2D eigenvalue weighted by molar-refractivity contribution is 7.25. The summed E-state index contributed by atoms with van der Waals surface area (Å²) in [6, 6.07) is 18.3. The summed E-state index contributed by atoms with van der Waals surface area (Å²) in [5.41, 5.74) is 1.40. The lowest BCUT2D eigenvalue weighted by Crippen LogP contribution is -2.24. The highest BCUT2D eigenvalue weighted by Crippen LogP contribution is 2.38. The van der Waals surface area contributed by atoms with Crippen LogP contribution in [0.2, 0.25) is 0 Å². The van der Waals surface area contributed by atoms with Crippen LogP contribution in [-0.4, -0.2) is 28.6 Å². The van der Waals surface area contributed by atoms with E-state index in [1.54, 1.807) is 23.8 Å². The van der Waals surface area contributed by atoms with Gasteiger partial charge in [-0.15, -0.1) is 11.3 Å². The van der Waals surface area contributed by atoms with Crippen LogP contribution in [0.15, 0.2) is 65.5 Å². The zero-order valence-electron chi connectivity index (χ0n) is 17.6. The predicted octanol–water partition coefficient (Wildman–Crippen LogP) is 4.77. The zero-order valence-corrected chi connectivity index (χ0v) is 18.4. The number of phenolic OH excluding ortho intramolecular Hbond substituents is 1. The molecule has 0 saturated carbocycles. The van der Waals surface area contributed by atoms with E-state index in [2.05, 4.69) is 0 Å². The van der Waals surface area contributed by atoms with Crippen LogP contribution in [0.25, 0.3) is 31.7 Å². The van der Waals surface area contributed by atoms with Gasteiger partial charge in [0.2, 0.25) is 6.79 Å². The largest absolute Gasteiger partial charge is 0.506 e. The lowest BCUT2D eigenvalue weighted by molar-refractivity contribution is 0.174. The molecule has 3 heterocycles. The van der Waals surface area contributed by atoms with E-state index in [0.29, 0.717) is 48.9 Å². The van der Waals surface area contributed by atoms with Gasteiger partial charge >= 0.3 is 0 Å². The first-order valence-corrected chi connectivity index (χ1v) is 11.1. The Hall–Kier alpha value is -4.04. The summed E-state index contributed by atoms with van der Waals surface area (Å²) in [6.45, 7) is 0.463. The summed E-state index contributed by atoms with van der Waals surface area (Å²) in [4.78, 5) is 19.4. The number of ether oxygens (including phenoxy) is 3. The first-order chi connectivity index (χ1) is 16.1. The summed E-state index contributed by atoms with van der Waals surface area (Å²) in [6.07, 6.45) is 0. The van der Waals surface area contributed by atoms with Crippen molar-refractivity contribution < 1.29 is 19.3 Å². The van der Waals surface area contributed by atoms with Crippen molar-refractivity contribution in [2.24, 2.45) is 0 Å². The van der Waals surface area contributed by atoms with E-state index in [0.717, 1.165) is 5.56 Å². The zero-order chi connectivity index (χ0) is 22.5. The monoisotopic (exact) mass is 458 g/mol. The number of aromatic hydroxyl groups is 1. The smallest absolute Gasteiger partial charge is 0.263 e. The first kappa shape index (κ1) is 19.6. The Kier molecular flexibility index (Phi) is 4.48. The molecule has 0 amide bonds. The normalized spacial score (nSPS) is 12.5. The summed E-state index contributed by atoms with van der Waals surface area (Å²) < 4.78 is 18.8. The van der Waals surface area contributed by atoms with Gasteiger partial charge < -0.3 is 19.3 Å². The highest BCUT2D eigenvalue weighted by atomic mass is 32.1. The molecule has 7 nitrogen and oxygen atoms in total. The number of rotatable bonds is 4. The second-order valence-corrected chi connectivity index (χ2v) is 8.65. The van der Waals surface area contributed by atoms with Gasteiger partial charge in [0.1, 0.15) is 22.2 Å². The number of thiophene rings is 1. The quantitative estimate of drug-likeness (QED) is 0.418. The van der Waals surface area contributed by atoms with Crippen LogP contribution in [0.4, 0.5) is 0 Å². The molecule has 6 rings (SSSR count). The van der Waals surface area contributed by atoms with Gasteiger partial charge in [-0.2, -0.15) is 0 Å². The Morgan fingerprint density at radius 1 is 1.09 bits per heavy atom. The summed E-state index contributed by atoms with van der Waals surface area (Å²) in [5, 5.41) is 11.5. The maximum atomic E-state index is 13.9. The molecule has 8 heteroatoms. The van der Waals surface area contributed by atoms with Gasteiger partial charge in [0.15, 0.2) is 11.5 Å². The van der Waals surface area contributed by atoms with Gasteiger partial charge in [0, 0.05) is 5.39 Å². The molecule has 0 spiro atoms. The Bertz CT molecular complexity index is 1600. The topological polar surface area (TPSA) is 82.8 Å². The molecule has 5 aromatic rings. The molecule has 0 bridgehead atoms. The molecule has 0 saturated heterocycles. The lowest BCUT2D eigenvalue weighted by Gasteiger charge is -2.15. The number of hydrogen-bond acceptors (Lipinski definition) is 7. The van der Waals surface area contributed by atoms with Crippen LogP contribution in [-0.2, 0) is 6.54 Å². The third kappa shape index (κ3) is 3.10. The molecule has 0 radical (unpaired) electrons. The van der Waals surface area contributed by atoms with Crippen molar-refractivity contribution >= 4 is 31.6 Å². The third-order valence-corrected chi connectivity index (χ3v) is 6.85. The Balaban J connectivity index is 1.64. The highest BCUT2D eigenvalue weighted by Gasteiger charge is 2.21. The SMILES string of the molecule is COc1ccccc1-c1nc2sc3c(O)cccc3c2c(=O)n1Cc1ccc2c(c1)OCO2. The number of phenols is 1. The number of benzene rings is 3. The maximum Gasteiger partial charge on any atom is 0.263 e. The number of methoxy groups -OCH3 is 1. The fraction of sp³-hybridized carbons (Fsp3) is 0.120. The molecule has 0 atom stereocenters. The Morgan fingerprint density at radius 2 is 1.94 bits per heavy atom. The summed E-state index contributed by atoms with van der Waals surface area (Å²) >= 11 is 1.30. The van der Waals surface area contributed by atoms with Gasteiger partial charge in [0.25, 0.3) is 5.56 Å². The van der Waals surface area contributed by atoms with Crippen molar-refractivity contribution in [2.45, 2.75) is 6.54 Å². The molecule has 1 aliphatic heterocycles. The van der Waals surface area contributed by atoms with Crippen molar-refractivity contribution in [3.05, 3.63) is 76.6 Å². The molecule has 33 heavy (non-hydrogen) atoms. The standard InChI is InChI=1S/C25H18N2O5S/c1-30-18-8-3-2-5-15(18)23-26-24-21(16-6-4-7-17(28)22(16)33-24)25(29)27(23)12-14-9-10-19-20(11-14)32-13-31-19/h2-11,28H,12-13H2,1H3. The number of hydrogen-bond donors (Lipinski definition) is 1. The third-order valence-electron chi connectivity index (χ3n) is 5.72. The van der Waals surface area contributed by atoms with Crippen LogP contribution >= 0.6 is 11.3 Å². The van der Waals surface area contributed by atoms with Crippen molar-refractivity contribution in [3.8, 4) is 34.4 Å². The van der Waals surface area contributed by atoms with Gasteiger partial charge in [-0.3, -0.25) is 9.36 Å². The molecular weight excluding hydrogens is 440 g/mol. The fourth-order valence-corrected chi connectivity index (χ4v) is 5.25. The second kappa shape index (κ2) is 7.53. The molecule has 3 aromatic carbocycles. The molecule has 0 unspecified atom stereocenters. The number of nitrogens with zero attached hydrogens (tertiary/aromatic N) is 2. The Labute approximate surface area is 192 Å². The van der Waals surface area contributed by atoms with Crippen molar-refractivity contribution in [3.63, 3.8) is 0 Å². The van der Waals surface area contributed by atoms with Crippen LogP contribution in [0.5, 0.6) is 23.0 Å². The van der Waals surface area contributed by atoms with E-state index in [9.17, 15) is 9.90 Å². The second-order valence-electron chi connectivity index (χ2n) is 7.65. The number of aromatic nitrogens is 2. The number of para-hydroxylation sites is 1. The minimum atomic E-state index is -0.185. The van der Waals surface area contributed by atoms with E-state index in [1.807, 2.05) is 48.5 Å². The van der Waals surface area contributed by atoms with Gasteiger partial charge in [0.05, 0.1) is 29.3 Å². The van der Waals surface area contributed by atoms with E-state index >= 15 is 0 Å². The average Bonchev–Trinajstić information content (AvgIpc) is 3.45. The minimum absolute atomic E-state index is 0.135. The summed E-state index contributed by atoms with van der Waals surface area (Å²) in [5.74, 6) is 2.58. The molecule has 0 fully saturated rings.